The van der Waals surface area contributed by atoms with E-state index in [2.05, 4.69) is 16.4 Å². The van der Waals surface area contributed by atoms with Gasteiger partial charge in [0.25, 0.3) is 0 Å². The van der Waals surface area contributed by atoms with E-state index in [0.717, 1.165) is 22.4 Å². The van der Waals surface area contributed by atoms with Gasteiger partial charge in [-0.3, -0.25) is 4.79 Å². The van der Waals surface area contributed by atoms with Gasteiger partial charge in [-0.05, 0) is 31.1 Å². The van der Waals surface area contributed by atoms with Crippen LogP contribution in [0.2, 0.25) is 0 Å². The van der Waals surface area contributed by atoms with Crippen LogP contribution in [0.3, 0.4) is 0 Å². The number of hydrogen-bond acceptors (Lipinski definition) is 4. The number of amides is 3. The van der Waals surface area contributed by atoms with Crippen LogP contribution in [0.5, 0.6) is 0 Å². The lowest BCUT2D eigenvalue weighted by Gasteiger charge is -2.32. The molecule has 1 N–H and O–H groups in total. The zero-order valence-corrected chi connectivity index (χ0v) is 16.4. The Hall–Kier alpha value is -2.81. The number of hydrogen-bond donors (Lipinski definition) is 1. The van der Waals surface area contributed by atoms with Crippen molar-refractivity contribution in [1.82, 2.24) is 14.8 Å². The second-order valence-corrected chi connectivity index (χ2v) is 8.82. The van der Waals surface area contributed by atoms with Gasteiger partial charge in [0.05, 0.1) is 28.2 Å². The lowest BCUT2D eigenvalue weighted by Crippen LogP contribution is -2.47. The third-order valence-electron chi connectivity index (χ3n) is 5.78. The largest absolute Gasteiger partial charge is 0.334 e. The number of rotatable bonds is 3. The number of likely N-dealkylation sites (tertiary alicyclic amines) is 1. The van der Waals surface area contributed by atoms with Crippen LogP contribution in [0.1, 0.15) is 21.9 Å². The van der Waals surface area contributed by atoms with Gasteiger partial charge in [-0.15, -0.1) is 11.3 Å². The fourth-order valence-electron chi connectivity index (χ4n) is 4.36. The van der Waals surface area contributed by atoms with Crippen molar-refractivity contribution < 1.29 is 18.4 Å². The van der Waals surface area contributed by atoms with Crippen molar-refractivity contribution in [3.05, 3.63) is 51.5 Å². The lowest BCUT2D eigenvalue weighted by atomic mass is 10.0. The molecule has 1 fully saturated rings. The van der Waals surface area contributed by atoms with Crippen molar-refractivity contribution in [2.45, 2.75) is 25.9 Å². The van der Waals surface area contributed by atoms with Gasteiger partial charge in [-0.25, -0.2) is 18.6 Å². The Morgan fingerprint density at radius 3 is 2.90 bits per heavy atom. The van der Waals surface area contributed by atoms with Gasteiger partial charge < -0.3 is 15.1 Å². The predicted octanol–water partition coefficient (Wildman–Crippen LogP) is 3.39. The van der Waals surface area contributed by atoms with E-state index in [4.69, 9.17) is 0 Å². The number of aryl methyl sites for hydroxylation is 1. The molecule has 1 saturated heterocycles. The molecule has 9 heteroatoms. The fraction of sp³-hybridized carbons (Fsp3) is 0.350. The van der Waals surface area contributed by atoms with Gasteiger partial charge in [0, 0.05) is 24.2 Å². The van der Waals surface area contributed by atoms with E-state index in [0.29, 0.717) is 6.54 Å². The molecular weight excluding hydrogens is 398 g/mol. The average molecular weight is 416 g/mol. The van der Waals surface area contributed by atoms with E-state index in [1.807, 2.05) is 13.1 Å². The zero-order chi connectivity index (χ0) is 20.3. The van der Waals surface area contributed by atoms with Gasteiger partial charge in [-0.2, -0.15) is 0 Å². The summed E-state index contributed by atoms with van der Waals surface area (Å²) in [7, 11) is 0. The van der Waals surface area contributed by atoms with E-state index in [-0.39, 0.29) is 42.2 Å². The quantitative estimate of drug-likeness (QED) is 0.834. The molecule has 3 amide bonds. The van der Waals surface area contributed by atoms with Crippen LogP contribution in [0.25, 0.3) is 5.57 Å². The van der Waals surface area contributed by atoms with Crippen molar-refractivity contribution >= 4 is 34.5 Å². The first-order valence-electron chi connectivity index (χ1n) is 9.37. The first-order valence-corrected chi connectivity index (χ1v) is 10.2. The number of anilines is 1. The van der Waals surface area contributed by atoms with E-state index in [9.17, 15) is 18.4 Å². The highest BCUT2D eigenvalue weighted by molar-refractivity contribution is 7.12. The number of fused-ring (bicyclic) bond motifs is 3. The molecule has 6 nitrogen and oxygen atoms in total. The normalized spacial score (nSPS) is 22.6. The molecular formula is C20H18F2N4O2S. The second-order valence-electron chi connectivity index (χ2n) is 7.59. The van der Waals surface area contributed by atoms with Crippen molar-refractivity contribution in [3.63, 3.8) is 0 Å². The molecule has 2 atom stereocenters. The molecule has 1 aliphatic carbocycles. The standard InChI is InChI=1S/C20H18F2N4O2S/c1-10-23-6-17(29-10)13-5-12-4-11(13)7-26(12)18(27)9-25-8-14-16(24-20(25)28)3-2-15(21)19(14)22/h2-3,5-6,11-12H,4,7-9H2,1H3,(H,24,28)/t11-,12-/m1/s1. The highest BCUT2D eigenvalue weighted by Gasteiger charge is 2.42. The highest BCUT2D eigenvalue weighted by Crippen LogP contribution is 2.43. The number of benzene rings is 1. The third kappa shape index (κ3) is 3.00. The van der Waals surface area contributed by atoms with Crippen LogP contribution in [0.15, 0.2) is 24.4 Å². The number of halogens is 2. The van der Waals surface area contributed by atoms with Crippen molar-refractivity contribution in [2.75, 3.05) is 18.4 Å². The smallest absolute Gasteiger partial charge is 0.322 e. The molecule has 150 valence electrons. The molecule has 2 bridgehead atoms. The molecule has 0 saturated carbocycles. The summed E-state index contributed by atoms with van der Waals surface area (Å²) in [6.45, 7) is 2.25. The van der Waals surface area contributed by atoms with Crippen molar-refractivity contribution in [1.29, 1.82) is 0 Å². The van der Waals surface area contributed by atoms with E-state index < -0.39 is 17.7 Å². The van der Waals surface area contributed by atoms with E-state index in [1.54, 1.807) is 16.2 Å². The SMILES string of the molecule is Cc1ncc(C2=C[C@H]3C[C@@H]2CN3C(=O)CN2Cc3c(ccc(F)c3F)NC2=O)s1. The molecule has 0 radical (unpaired) electrons. The Kier molecular flexibility index (Phi) is 4.16. The van der Waals surface area contributed by atoms with Crippen LogP contribution >= 0.6 is 11.3 Å². The Bertz CT molecular complexity index is 1070. The first kappa shape index (κ1) is 18.2. The summed E-state index contributed by atoms with van der Waals surface area (Å²) in [5.41, 5.74) is 1.54. The number of urea groups is 1. The first-order chi connectivity index (χ1) is 13.9. The van der Waals surface area contributed by atoms with Crippen LogP contribution in [-0.2, 0) is 11.3 Å². The minimum absolute atomic E-state index is 0.000718. The minimum Gasteiger partial charge on any atom is -0.334 e. The number of thiazole rings is 1. The van der Waals surface area contributed by atoms with Gasteiger partial charge >= 0.3 is 6.03 Å². The minimum atomic E-state index is -0.993. The molecule has 1 aromatic carbocycles. The Morgan fingerprint density at radius 2 is 2.21 bits per heavy atom. The lowest BCUT2D eigenvalue weighted by molar-refractivity contribution is -0.132. The summed E-state index contributed by atoms with van der Waals surface area (Å²) in [5, 5.41) is 3.54. The number of carbonyl (C=O) groups excluding carboxylic acids is 2. The van der Waals surface area contributed by atoms with Crippen molar-refractivity contribution in [3.8, 4) is 0 Å². The molecule has 5 rings (SSSR count). The van der Waals surface area contributed by atoms with Crippen molar-refractivity contribution in [2.24, 2.45) is 5.92 Å². The molecule has 29 heavy (non-hydrogen) atoms. The molecule has 2 aliphatic heterocycles. The number of nitrogens with zero attached hydrogens (tertiary/aromatic N) is 3. The van der Waals surface area contributed by atoms with Crippen LogP contribution in [0, 0.1) is 24.5 Å². The Labute approximate surface area is 169 Å². The summed E-state index contributed by atoms with van der Waals surface area (Å²) in [6, 6.07) is 1.82. The maximum absolute atomic E-state index is 14.1. The summed E-state index contributed by atoms with van der Waals surface area (Å²) in [5.74, 6) is -1.89. The average Bonchev–Trinajstić information content (AvgIpc) is 3.41. The molecule has 3 aliphatic rings. The summed E-state index contributed by atoms with van der Waals surface area (Å²) >= 11 is 1.65. The van der Waals surface area contributed by atoms with Gasteiger partial charge in [0.15, 0.2) is 11.6 Å². The molecule has 2 aromatic rings. The summed E-state index contributed by atoms with van der Waals surface area (Å²) in [6.07, 6.45) is 4.86. The maximum Gasteiger partial charge on any atom is 0.322 e. The molecule has 1 aromatic heterocycles. The van der Waals surface area contributed by atoms with Gasteiger partial charge in [-0.1, -0.05) is 6.08 Å². The van der Waals surface area contributed by atoms with Crippen LogP contribution in [0.4, 0.5) is 19.3 Å². The Morgan fingerprint density at radius 1 is 1.38 bits per heavy atom. The fourth-order valence-corrected chi connectivity index (χ4v) is 5.24. The summed E-state index contributed by atoms with van der Waals surface area (Å²) in [4.78, 5) is 33.6. The maximum atomic E-state index is 14.1. The summed E-state index contributed by atoms with van der Waals surface area (Å²) < 4.78 is 27.6. The third-order valence-corrected chi connectivity index (χ3v) is 6.74. The Balaban J connectivity index is 1.30. The monoisotopic (exact) mass is 416 g/mol. The van der Waals surface area contributed by atoms with Crippen LogP contribution < -0.4 is 5.32 Å². The topological polar surface area (TPSA) is 65.5 Å². The molecule has 3 heterocycles. The van der Waals surface area contributed by atoms with Gasteiger partial charge in [0.2, 0.25) is 5.91 Å². The second kappa shape index (κ2) is 6.62. The number of carbonyl (C=O) groups is 2. The predicted molar refractivity (Wildman–Crippen MR) is 104 cm³/mol. The van der Waals surface area contributed by atoms with Crippen LogP contribution in [-0.4, -0.2) is 45.9 Å². The zero-order valence-electron chi connectivity index (χ0n) is 15.6. The number of nitrogens with one attached hydrogen (secondary N) is 1. The number of aromatic nitrogens is 1. The molecule has 0 unspecified atom stereocenters. The van der Waals surface area contributed by atoms with Gasteiger partial charge in [0.1, 0.15) is 6.54 Å². The van der Waals surface area contributed by atoms with E-state index in [1.165, 1.54) is 16.5 Å². The highest BCUT2D eigenvalue weighted by atomic mass is 32.1. The van der Waals surface area contributed by atoms with E-state index >= 15 is 0 Å². The molecule has 0 spiro atoms.